The van der Waals surface area contributed by atoms with Crippen molar-refractivity contribution in [3.63, 3.8) is 0 Å². The average molecular weight is 299 g/mol. The van der Waals surface area contributed by atoms with Crippen LogP contribution in [0.1, 0.15) is 30.1 Å². The van der Waals surface area contributed by atoms with Crippen LogP contribution in [0, 0.1) is 5.92 Å². The van der Waals surface area contributed by atoms with Crippen molar-refractivity contribution in [1.82, 2.24) is 9.29 Å². The highest BCUT2D eigenvalue weighted by Gasteiger charge is 2.28. The van der Waals surface area contributed by atoms with E-state index < -0.39 is 16.2 Å². The maximum Gasteiger partial charge on any atom is 0.337 e. The lowest BCUT2D eigenvalue weighted by Gasteiger charge is -2.30. The van der Waals surface area contributed by atoms with E-state index in [0.29, 0.717) is 19.0 Å². The second-order valence-corrected chi connectivity index (χ2v) is 6.61. The summed E-state index contributed by atoms with van der Waals surface area (Å²) < 4.78 is 28.2. The molecule has 0 aromatic carbocycles. The van der Waals surface area contributed by atoms with Crippen LogP contribution in [0.25, 0.3) is 0 Å². The standard InChI is InChI=1S/C12H17N3O4S/c1-9-3-2-6-15(8-9)20(18,19)14-11-7-13-5-4-10(11)12(16)17/h4-5,7,9,14H,2-3,6,8H2,1H3,(H,16,17). The fourth-order valence-electron chi connectivity index (χ4n) is 2.23. The van der Waals surface area contributed by atoms with E-state index in [-0.39, 0.29) is 11.3 Å². The highest BCUT2D eigenvalue weighted by Crippen LogP contribution is 2.21. The van der Waals surface area contributed by atoms with Gasteiger partial charge in [0, 0.05) is 19.3 Å². The van der Waals surface area contributed by atoms with Crippen molar-refractivity contribution in [3.8, 4) is 0 Å². The molecule has 1 atom stereocenters. The van der Waals surface area contributed by atoms with Gasteiger partial charge < -0.3 is 5.11 Å². The molecule has 2 N–H and O–H groups in total. The molecule has 7 nitrogen and oxygen atoms in total. The Morgan fingerprint density at radius 3 is 2.95 bits per heavy atom. The number of hydrogen-bond donors (Lipinski definition) is 2. The van der Waals surface area contributed by atoms with E-state index in [1.807, 2.05) is 6.92 Å². The lowest BCUT2D eigenvalue weighted by atomic mass is 10.0. The fourth-order valence-corrected chi connectivity index (χ4v) is 3.62. The summed E-state index contributed by atoms with van der Waals surface area (Å²) in [6, 6.07) is 1.26. The maximum absolute atomic E-state index is 12.3. The molecule has 1 fully saturated rings. The molecule has 1 aliphatic rings. The topological polar surface area (TPSA) is 99.6 Å². The molecule has 110 valence electrons. The molecule has 8 heteroatoms. The Balaban J connectivity index is 2.22. The molecule has 1 saturated heterocycles. The van der Waals surface area contributed by atoms with Gasteiger partial charge in [-0.1, -0.05) is 6.92 Å². The Hall–Kier alpha value is -1.67. The van der Waals surface area contributed by atoms with Crippen molar-refractivity contribution in [2.45, 2.75) is 19.8 Å². The van der Waals surface area contributed by atoms with Gasteiger partial charge in [-0.15, -0.1) is 0 Å². The zero-order valence-electron chi connectivity index (χ0n) is 11.1. The van der Waals surface area contributed by atoms with Gasteiger partial charge >= 0.3 is 16.2 Å². The van der Waals surface area contributed by atoms with Crippen LogP contribution in [0.4, 0.5) is 5.69 Å². The van der Waals surface area contributed by atoms with E-state index in [0.717, 1.165) is 12.8 Å². The first-order chi connectivity index (χ1) is 9.40. The highest BCUT2D eigenvalue weighted by atomic mass is 32.2. The molecule has 1 aliphatic heterocycles. The second-order valence-electron chi connectivity index (χ2n) is 4.94. The summed E-state index contributed by atoms with van der Waals surface area (Å²) in [6.45, 7) is 2.88. The van der Waals surface area contributed by atoms with Gasteiger partial charge in [0.25, 0.3) is 0 Å². The average Bonchev–Trinajstić information content (AvgIpc) is 2.38. The van der Waals surface area contributed by atoms with Gasteiger partial charge in [0.1, 0.15) is 0 Å². The fraction of sp³-hybridized carbons (Fsp3) is 0.500. The van der Waals surface area contributed by atoms with Gasteiger partial charge in [-0.2, -0.15) is 12.7 Å². The Kier molecular flexibility index (Phi) is 4.24. The van der Waals surface area contributed by atoms with Crippen molar-refractivity contribution < 1.29 is 18.3 Å². The van der Waals surface area contributed by atoms with E-state index in [1.54, 1.807) is 0 Å². The molecule has 0 saturated carbocycles. The number of carbonyl (C=O) groups is 1. The minimum absolute atomic E-state index is 0.0155. The van der Waals surface area contributed by atoms with Crippen LogP contribution in [0.15, 0.2) is 18.5 Å². The summed E-state index contributed by atoms with van der Waals surface area (Å²) in [5.74, 6) is -0.898. The van der Waals surface area contributed by atoms with E-state index >= 15 is 0 Å². The molecule has 0 bridgehead atoms. The van der Waals surface area contributed by atoms with Crippen molar-refractivity contribution in [2.75, 3.05) is 17.8 Å². The molecular formula is C12H17N3O4S. The predicted octanol–water partition coefficient (Wildman–Crippen LogP) is 1.17. The first-order valence-electron chi connectivity index (χ1n) is 6.35. The lowest BCUT2D eigenvalue weighted by Crippen LogP contribution is -2.42. The van der Waals surface area contributed by atoms with Gasteiger partial charge in [-0.25, -0.2) is 4.79 Å². The number of rotatable bonds is 4. The van der Waals surface area contributed by atoms with Crippen LogP contribution in [0.3, 0.4) is 0 Å². The van der Waals surface area contributed by atoms with Crippen LogP contribution < -0.4 is 4.72 Å². The van der Waals surface area contributed by atoms with E-state index in [9.17, 15) is 13.2 Å². The first kappa shape index (κ1) is 14.7. The Morgan fingerprint density at radius 1 is 1.55 bits per heavy atom. The maximum atomic E-state index is 12.3. The molecule has 0 amide bonds. The van der Waals surface area contributed by atoms with Crippen LogP contribution in [0.2, 0.25) is 0 Å². The first-order valence-corrected chi connectivity index (χ1v) is 7.79. The lowest BCUT2D eigenvalue weighted by molar-refractivity contribution is 0.0698. The number of nitrogens with zero attached hydrogens (tertiary/aromatic N) is 2. The SMILES string of the molecule is CC1CCCN(S(=O)(=O)Nc2cnccc2C(=O)O)C1. The summed E-state index contributed by atoms with van der Waals surface area (Å²) >= 11 is 0. The summed E-state index contributed by atoms with van der Waals surface area (Å²) in [5.41, 5.74) is -0.133. The third-order valence-corrected chi connectivity index (χ3v) is 4.74. The third kappa shape index (κ3) is 3.26. The smallest absolute Gasteiger partial charge is 0.337 e. The zero-order valence-corrected chi connectivity index (χ0v) is 11.9. The minimum atomic E-state index is -3.75. The zero-order chi connectivity index (χ0) is 14.8. The minimum Gasteiger partial charge on any atom is -0.478 e. The number of pyridine rings is 1. The summed E-state index contributed by atoms with van der Waals surface area (Å²) in [6.07, 6.45) is 4.32. The van der Waals surface area contributed by atoms with E-state index in [4.69, 9.17) is 5.11 Å². The monoisotopic (exact) mass is 299 g/mol. The Morgan fingerprint density at radius 2 is 2.30 bits per heavy atom. The molecule has 0 aliphatic carbocycles. The Labute approximate surface area is 117 Å². The van der Waals surface area contributed by atoms with Gasteiger partial charge in [-0.05, 0) is 24.8 Å². The van der Waals surface area contributed by atoms with Gasteiger partial charge in [0.2, 0.25) is 0 Å². The Bertz CT molecular complexity index is 602. The number of aromatic nitrogens is 1. The highest BCUT2D eigenvalue weighted by molar-refractivity contribution is 7.90. The quantitative estimate of drug-likeness (QED) is 0.869. The molecule has 0 radical (unpaired) electrons. The normalized spacial score (nSPS) is 20.6. The molecule has 0 spiro atoms. The molecule has 1 unspecified atom stereocenters. The summed E-state index contributed by atoms with van der Waals surface area (Å²) in [4.78, 5) is 14.8. The van der Waals surface area contributed by atoms with Crippen molar-refractivity contribution >= 4 is 21.9 Å². The molecule has 2 rings (SSSR count). The summed E-state index contributed by atoms with van der Waals surface area (Å²) in [5, 5.41) is 9.04. The van der Waals surface area contributed by atoms with Gasteiger partial charge in [0.15, 0.2) is 0 Å². The summed E-state index contributed by atoms with van der Waals surface area (Å²) in [7, 11) is -3.75. The number of anilines is 1. The number of piperidine rings is 1. The van der Waals surface area contributed by atoms with Crippen molar-refractivity contribution in [1.29, 1.82) is 0 Å². The van der Waals surface area contributed by atoms with Crippen LogP contribution in [-0.4, -0.2) is 41.9 Å². The van der Waals surface area contributed by atoms with Crippen molar-refractivity contribution in [3.05, 3.63) is 24.0 Å². The van der Waals surface area contributed by atoms with Crippen LogP contribution in [0.5, 0.6) is 0 Å². The van der Waals surface area contributed by atoms with E-state index in [2.05, 4.69) is 9.71 Å². The number of nitrogens with one attached hydrogen (secondary N) is 1. The molecular weight excluding hydrogens is 282 g/mol. The molecule has 2 heterocycles. The third-order valence-electron chi connectivity index (χ3n) is 3.25. The number of hydrogen-bond acceptors (Lipinski definition) is 4. The van der Waals surface area contributed by atoms with Gasteiger partial charge in [-0.3, -0.25) is 9.71 Å². The molecule has 20 heavy (non-hydrogen) atoms. The number of aromatic carboxylic acids is 1. The van der Waals surface area contributed by atoms with Crippen molar-refractivity contribution in [2.24, 2.45) is 5.92 Å². The van der Waals surface area contributed by atoms with Crippen LogP contribution in [-0.2, 0) is 10.2 Å². The second kappa shape index (κ2) is 5.76. The largest absolute Gasteiger partial charge is 0.478 e. The predicted molar refractivity (Wildman–Crippen MR) is 73.7 cm³/mol. The van der Waals surface area contributed by atoms with Crippen LogP contribution >= 0.6 is 0 Å². The molecule has 1 aromatic heterocycles. The number of carboxylic acid groups (broad SMARTS) is 1. The van der Waals surface area contributed by atoms with E-state index in [1.165, 1.54) is 22.8 Å². The molecule has 1 aromatic rings. The van der Waals surface area contributed by atoms with Gasteiger partial charge in [0.05, 0.1) is 17.4 Å². The number of carboxylic acids is 1.